The van der Waals surface area contributed by atoms with Gasteiger partial charge in [-0.25, -0.2) is 0 Å². The second-order valence-corrected chi connectivity index (χ2v) is 3.92. The molecule has 0 radical (unpaired) electrons. The van der Waals surface area contributed by atoms with Crippen molar-refractivity contribution in [3.8, 4) is 17.5 Å². The second kappa shape index (κ2) is 4.33. The summed E-state index contributed by atoms with van der Waals surface area (Å²) >= 11 is 5.82. The molecular formula is C11H8ClN3O. The van der Waals surface area contributed by atoms with E-state index in [0.717, 1.165) is 5.56 Å². The van der Waals surface area contributed by atoms with E-state index in [0.29, 0.717) is 17.3 Å². The molecule has 4 nitrogen and oxygen atoms in total. The van der Waals surface area contributed by atoms with Crippen LogP contribution in [0.4, 0.5) is 0 Å². The van der Waals surface area contributed by atoms with Crippen molar-refractivity contribution in [2.75, 3.05) is 0 Å². The Hall–Kier alpha value is -1.86. The van der Waals surface area contributed by atoms with E-state index in [1.54, 1.807) is 31.2 Å². The lowest BCUT2D eigenvalue weighted by atomic mass is 10.1. The third kappa shape index (κ3) is 2.05. The van der Waals surface area contributed by atoms with Crippen LogP contribution in [-0.4, -0.2) is 10.1 Å². The van der Waals surface area contributed by atoms with Gasteiger partial charge in [0.15, 0.2) is 5.82 Å². The lowest BCUT2D eigenvalue weighted by Gasteiger charge is -1.93. The van der Waals surface area contributed by atoms with Crippen LogP contribution in [0.5, 0.6) is 0 Å². The standard InChI is InChI=1S/C11H8ClN3O/c1-7(12)10-14-11(16-15-10)9-4-2-8(6-13)3-5-9/h2-5,7H,1H3. The number of hydrogen-bond donors (Lipinski definition) is 0. The molecule has 2 rings (SSSR count). The van der Waals surface area contributed by atoms with Crippen LogP contribution in [0.15, 0.2) is 28.8 Å². The Labute approximate surface area is 97.5 Å². The number of rotatable bonds is 2. The first-order valence-electron chi connectivity index (χ1n) is 4.69. The maximum Gasteiger partial charge on any atom is 0.257 e. The summed E-state index contributed by atoms with van der Waals surface area (Å²) in [5.74, 6) is 0.869. The zero-order chi connectivity index (χ0) is 11.5. The molecule has 0 N–H and O–H groups in total. The lowest BCUT2D eigenvalue weighted by molar-refractivity contribution is 0.422. The highest BCUT2D eigenvalue weighted by molar-refractivity contribution is 6.20. The predicted molar refractivity (Wildman–Crippen MR) is 58.7 cm³/mol. The SMILES string of the molecule is CC(Cl)c1noc(-c2ccc(C#N)cc2)n1. The largest absolute Gasteiger partial charge is 0.334 e. The molecule has 1 aromatic carbocycles. The van der Waals surface area contributed by atoms with Crippen molar-refractivity contribution in [2.24, 2.45) is 0 Å². The average Bonchev–Trinajstić information content (AvgIpc) is 2.78. The van der Waals surface area contributed by atoms with Crippen LogP contribution in [0.2, 0.25) is 0 Å². The molecule has 0 spiro atoms. The zero-order valence-electron chi connectivity index (χ0n) is 8.51. The molecule has 0 amide bonds. The first-order valence-corrected chi connectivity index (χ1v) is 5.12. The fourth-order valence-electron chi connectivity index (χ4n) is 1.20. The number of hydrogen-bond acceptors (Lipinski definition) is 4. The van der Waals surface area contributed by atoms with E-state index in [9.17, 15) is 0 Å². The molecule has 80 valence electrons. The number of halogens is 1. The molecule has 1 heterocycles. The number of alkyl halides is 1. The van der Waals surface area contributed by atoms with Crippen molar-refractivity contribution < 1.29 is 4.52 Å². The van der Waals surface area contributed by atoms with Crippen LogP contribution in [-0.2, 0) is 0 Å². The Morgan fingerprint density at radius 3 is 2.56 bits per heavy atom. The van der Waals surface area contributed by atoms with E-state index in [2.05, 4.69) is 10.1 Å². The van der Waals surface area contributed by atoms with Gasteiger partial charge in [-0.2, -0.15) is 10.2 Å². The molecule has 5 heteroatoms. The quantitative estimate of drug-likeness (QED) is 0.749. The van der Waals surface area contributed by atoms with Crippen molar-refractivity contribution >= 4 is 11.6 Å². The third-order valence-electron chi connectivity index (χ3n) is 2.06. The molecule has 16 heavy (non-hydrogen) atoms. The maximum atomic E-state index is 8.66. The molecule has 2 aromatic rings. The van der Waals surface area contributed by atoms with Gasteiger partial charge in [0.2, 0.25) is 0 Å². The van der Waals surface area contributed by atoms with Crippen molar-refractivity contribution in [3.63, 3.8) is 0 Å². The van der Waals surface area contributed by atoms with E-state index < -0.39 is 0 Å². The summed E-state index contributed by atoms with van der Waals surface area (Å²) in [6.07, 6.45) is 0. The van der Waals surface area contributed by atoms with E-state index >= 15 is 0 Å². The van der Waals surface area contributed by atoms with Gasteiger partial charge in [-0.3, -0.25) is 0 Å². The molecule has 0 aliphatic rings. The van der Waals surface area contributed by atoms with Crippen molar-refractivity contribution in [1.29, 1.82) is 5.26 Å². The van der Waals surface area contributed by atoms with E-state index in [-0.39, 0.29) is 5.38 Å². The molecule has 0 aliphatic heterocycles. The van der Waals surface area contributed by atoms with E-state index in [1.807, 2.05) is 6.07 Å². The van der Waals surface area contributed by atoms with Crippen LogP contribution < -0.4 is 0 Å². The Bertz CT molecular complexity index is 525. The Morgan fingerprint density at radius 2 is 2.06 bits per heavy atom. The third-order valence-corrected chi connectivity index (χ3v) is 2.25. The van der Waals surface area contributed by atoms with Crippen LogP contribution >= 0.6 is 11.6 Å². The molecule has 1 aromatic heterocycles. The second-order valence-electron chi connectivity index (χ2n) is 3.26. The number of benzene rings is 1. The first kappa shape index (κ1) is 10.7. The van der Waals surface area contributed by atoms with E-state index in [4.69, 9.17) is 21.4 Å². The summed E-state index contributed by atoms with van der Waals surface area (Å²) in [7, 11) is 0. The van der Waals surface area contributed by atoms with Gasteiger partial charge < -0.3 is 4.52 Å². The fraction of sp³-hybridized carbons (Fsp3) is 0.182. The molecular weight excluding hydrogens is 226 g/mol. The Kier molecular flexibility index (Phi) is 2.88. The predicted octanol–water partition coefficient (Wildman–Crippen LogP) is 2.91. The van der Waals surface area contributed by atoms with Gasteiger partial charge in [0.1, 0.15) is 0 Å². The minimum atomic E-state index is -0.282. The van der Waals surface area contributed by atoms with Crippen LogP contribution in [0, 0.1) is 11.3 Å². The van der Waals surface area contributed by atoms with Crippen LogP contribution in [0.25, 0.3) is 11.5 Å². The van der Waals surface area contributed by atoms with Gasteiger partial charge in [-0.05, 0) is 31.2 Å². The fourth-order valence-corrected chi connectivity index (χ4v) is 1.29. The highest BCUT2D eigenvalue weighted by Crippen LogP contribution is 2.21. The number of nitriles is 1. The number of nitrogens with zero attached hydrogens (tertiary/aromatic N) is 3. The average molecular weight is 234 g/mol. The van der Waals surface area contributed by atoms with Gasteiger partial charge in [0.25, 0.3) is 5.89 Å². The normalized spacial score (nSPS) is 12.1. The maximum absolute atomic E-state index is 8.66. The zero-order valence-corrected chi connectivity index (χ0v) is 9.27. The van der Waals surface area contributed by atoms with Gasteiger partial charge in [0.05, 0.1) is 17.0 Å². The highest BCUT2D eigenvalue weighted by Gasteiger charge is 2.12. The highest BCUT2D eigenvalue weighted by atomic mass is 35.5. The van der Waals surface area contributed by atoms with Crippen molar-refractivity contribution in [2.45, 2.75) is 12.3 Å². The summed E-state index contributed by atoms with van der Waals surface area (Å²) in [5.41, 5.74) is 1.37. The molecule has 0 saturated carbocycles. The number of aromatic nitrogens is 2. The van der Waals surface area contributed by atoms with Gasteiger partial charge >= 0.3 is 0 Å². The summed E-state index contributed by atoms with van der Waals surface area (Å²) < 4.78 is 5.06. The first-order chi connectivity index (χ1) is 7.70. The Balaban J connectivity index is 2.32. The van der Waals surface area contributed by atoms with Crippen LogP contribution in [0.1, 0.15) is 23.7 Å². The molecule has 0 fully saturated rings. The van der Waals surface area contributed by atoms with Crippen molar-refractivity contribution in [3.05, 3.63) is 35.7 Å². The molecule has 1 unspecified atom stereocenters. The summed E-state index contributed by atoms with van der Waals surface area (Å²) in [4.78, 5) is 4.14. The van der Waals surface area contributed by atoms with Gasteiger partial charge in [-0.1, -0.05) is 5.16 Å². The summed E-state index contributed by atoms with van der Waals surface area (Å²) in [6, 6.07) is 8.95. The van der Waals surface area contributed by atoms with Gasteiger partial charge in [0, 0.05) is 5.56 Å². The molecule has 0 bridgehead atoms. The smallest absolute Gasteiger partial charge is 0.257 e. The molecule has 1 atom stereocenters. The van der Waals surface area contributed by atoms with Crippen molar-refractivity contribution in [1.82, 2.24) is 10.1 Å². The minimum absolute atomic E-state index is 0.282. The van der Waals surface area contributed by atoms with Gasteiger partial charge in [-0.15, -0.1) is 11.6 Å². The van der Waals surface area contributed by atoms with Crippen LogP contribution in [0.3, 0.4) is 0 Å². The lowest BCUT2D eigenvalue weighted by Crippen LogP contribution is -1.86. The molecule has 0 saturated heterocycles. The summed E-state index contributed by atoms with van der Waals surface area (Å²) in [6.45, 7) is 1.77. The van der Waals surface area contributed by atoms with E-state index in [1.165, 1.54) is 0 Å². The summed E-state index contributed by atoms with van der Waals surface area (Å²) in [5, 5.41) is 12.1. The minimum Gasteiger partial charge on any atom is -0.334 e. The Morgan fingerprint density at radius 1 is 1.38 bits per heavy atom. The monoisotopic (exact) mass is 233 g/mol. The topological polar surface area (TPSA) is 62.7 Å². The molecule has 0 aliphatic carbocycles.